The van der Waals surface area contributed by atoms with Crippen molar-refractivity contribution in [2.24, 2.45) is 5.41 Å². The van der Waals surface area contributed by atoms with Crippen molar-refractivity contribution in [3.63, 3.8) is 0 Å². The molecule has 1 atom stereocenters. The van der Waals surface area contributed by atoms with E-state index >= 15 is 0 Å². The van der Waals surface area contributed by atoms with Crippen LogP contribution in [-0.2, 0) is 22.5 Å². The van der Waals surface area contributed by atoms with Crippen LogP contribution >= 0.6 is 0 Å². The van der Waals surface area contributed by atoms with Crippen molar-refractivity contribution in [3.05, 3.63) is 71.5 Å². The number of carbonyl (C=O) groups is 1. The molecule has 0 aliphatic carbocycles. The molecular formula is C25H27NO3. The molecule has 1 aliphatic rings. The number of fused-ring (bicyclic) bond motifs is 1. The van der Waals surface area contributed by atoms with Gasteiger partial charge in [-0.25, -0.2) is 0 Å². The monoisotopic (exact) mass is 389 g/mol. The van der Waals surface area contributed by atoms with Crippen LogP contribution in [0.4, 0.5) is 0 Å². The minimum atomic E-state index is -0.822. The minimum Gasteiger partial charge on any atom is -0.481 e. The fourth-order valence-corrected chi connectivity index (χ4v) is 4.69. The summed E-state index contributed by atoms with van der Waals surface area (Å²) in [7, 11) is 1.74. The molecule has 2 heterocycles. The molecule has 0 fully saturated rings. The highest BCUT2D eigenvalue weighted by atomic mass is 16.5. The molecule has 0 bridgehead atoms. The van der Waals surface area contributed by atoms with Crippen molar-refractivity contribution >= 4 is 5.97 Å². The molecule has 3 aromatic rings. The summed E-state index contributed by atoms with van der Waals surface area (Å²) in [6.07, 6.45) is -0.125. The van der Waals surface area contributed by atoms with Gasteiger partial charge in [-0.3, -0.25) is 4.79 Å². The topological polar surface area (TPSA) is 51.5 Å². The van der Waals surface area contributed by atoms with Crippen molar-refractivity contribution in [1.82, 2.24) is 4.57 Å². The van der Waals surface area contributed by atoms with E-state index in [1.807, 2.05) is 18.2 Å². The summed E-state index contributed by atoms with van der Waals surface area (Å²) in [5, 5.41) is 9.70. The van der Waals surface area contributed by atoms with Crippen LogP contribution in [0.2, 0.25) is 0 Å². The molecule has 2 aromatic carbocycles. The van der Waals surface area contributed by atoms with Gasteiger partial charge in [-0.15, -0.1) is 0 Å². The van der Waals surface area contributed by atoms with Gasteiger partial charge in [0.25, 0.3) is 0 Å². The first kappa shape index (κ1) is 19.5. The minimum absolute atomic E-state index is 0.0183. The van der Waals surface area contributed by atoms with E-state index in [0.29, 0.717) is 0 Å². The van der Waals surface area contributed by atoms with Crippen molar-refractivity contribution < 1.29 is 14.6 Å². The Morgan fingerprint density at radius 1 is 1.07 bits per heavy atom. The van der Waals surface area contributed by atoms with E-state index in [-0.39, 0.29) is 17.9 Å². The van der Waals surface area contributed by atoms with Crippen LogP contribution < -0.4 is 0 Å². The third-order valence-corrected chi connectivity index (χ3v) is 5.89. The maximum absolute atomic E-state index is 11.8. The summed E-state index contributed by atoms with van der Waals surface area (Å²) >= 11 is 0. The molecule has 1 unspecified atom stereocenters. The summed E-state index contributed by atoms with van der Waals surface area (Å²) in [6.45, 7) is 7.15. The Morgan fingerprint density at radius 3 is 2.28 bits per heavy atom. The number of carboxylic acids is 1. The summed E-state index contributed by atoms with van der Waals surface area (Å²) in [5.74, 6) is -0.822. The number of nitrogens with zero attached hydrogens (tertiary/aromatic N) is 1. The lowest BCUT2D eigenvalue weighted by molar-refractivity contribution is -0.136. The average Bonchev–Trinajstić information content (AvgIpc) is 3.11. The molecule has 4 heteroatoms. The first-order valence-corrected chi connectivity index (χ1v) is 9.96. The van der Waals surface area contributed by atoms with E-state index in [2.05, 4.69) is 61.7 Å². The Morgan fingerprint density at radius 2 is 1.69 bits per heavy atom. The van der Waals surface area contributed by atoms with Crippen molar-refractivity contribution in [2.75, 3.05) is 7.11 Å². The van der Waals surface area contributed by atoms with Gasteiger partial charge in [-0.1, -0.05) is 74.0 Å². The number of aliphatic carboxylic acids is 1. The van der Waals surface area contributed by atoms with E-state index < -0.39 is 5.97 Å². The maximum Gasteiger partial charge on any atom is 0.309 e. The molecule has 0 saturated carbocycles. The number of aryl methyl sites for hydroxylation is 1. The van der Waals surface area contributed by atoms with Crippen molar-refractivity contribution in [1.29, 1.82) is 0 Å². The number of hydrogen-bond acceptors (Lipinski definition) is 2. The van der Waals surface area contributed by atoms with Crippen LogP contribution in [0.1, 0.15) is 36.9 Å². The quantitative estimate of drug-likeness (QED) is 0.628. The predicted octanol–water partition coefficient (Wildman–Crippen LogP) is 5.48. The number of rotatable bonds is 5. The third-order valence-electron chi connectivity index (χ3n) is 5.89. The van der Waals surface area contributed by atoms with Gasteiger partial charge in [-0.2, -0.15) is 0 Å². The summed E-state index contributed by atoms with van der Waals surface area (Å²) in [6, 6.07) is 18.6. The van der Waals surface area contributed by atoms with Crippen LogP contribution in [0.25, 0.3) is 22.3 Å². The smallest absolute Gasteiger partial charge is 0.309 e. The van der Waals surface area contributed by atoms with Crippen LogP contribution in [-0.4, -0.2) is 22.8 Å². The van der Waals surface area contributed by atoms with Gasteiger partial charge in [0.15, 0.2) is 0 Å². The van der Waals surface area contributed by atoms with E-state index in [1.165, 1.54) is 5.56 Å². The molecule has 0 amide bonds. The third kappa shape index (κ3) is 3.28. The first-order valence-electron chi connectivity index (χ1n) is 9.96. The second kappa shape index (κ2) is 7.20. The fraction of sp³-hybridized carbons (Fsp3) is 0.320. The molecular weight excluding hydrogens is 362 g/mol. The number of hydrogen-bond donors (Lipinski definition) is 1. The maximum atomic E-state index is 11.8. The lowest BCUT2D eigenvalue weighted by Gasteiger charge is -2.26. The zero-order valence-electron chi connectivity index (χ0n) is 17.4. The van der Waals surface area contributed by atoms with Gasteiger partial charge in [0.05, 0.1) is 12.1 Å². The van der Waals surface area contributed by atoms with Crippen LogP contribution in [0, 0.1) is 12.3 Å². The van der Waals surface area contributed by atoms with Gasteiger partial charge >= 0.3 is 5.97 Å². The normalized spacial score (nSPS) is 17.3. The van der Waals surface area contributed by atoms with Gasteiger partial charge in [0, 0.05) is 35.9 Å². The van der Waals surface area contributed by atoms with E-state index in [1.54, 1.807) is 7.11 Å². The second-order valence-electron chi connectivity index (χ2n) is 8.57. The summed E-state index contributed by atoms with van der Waals surface area (Å²) in [4.78, 5) is 11.8. The zero-order chi connectivity index (χ0) is 20.8. The van der Waals surface area contributed by atoms with Crippen LogP contribution in [0.3, 0.4) is 0 Å². The van der Waals surface area contributed by atoms with E-state index in [4.69, 9.17) is 4.74 Å². The molecule has 4 rings (SSSR count). The van der Waals surface area contributed by atoms with E-state index in [0.717, 1.165) is 40.2 Å². The molecule has 150 valence electrons. The first-order chi connectivity index (χ1) is 13.8. The summed E-state index contributed by atoms with van der Waals surface area (Å²) < 4.78 is 8.17. The number of benzene rings is 2. The zero-order valence-corrected chi connectivity index (χ0v) is 17.4. The second-order valence-corrected chi connectivity index (χ2v) is 8.57. The van der Waals surface area contributed by atoms with Gasteiger partial charge < -0.3 is 14.4 Å². The Balaban J connectivity index is 2.09. The number of ether oxygens (including phenoxy) is 1. The highest BCUT2D eigenvalue weighted by molar-refractivity contribution is 5.90. The standard InChI is InChI=1S/C25H27NO3/c1-16-10-12-18(13-11-16)21-19(14-20(27)28)26-15-25(2,3)24(29-4)23(26)22(21)17-8-6-5-7-9-17/h5-13,24H,14-15H2,1-4H3,(H,27,28). The van der Waals surface area contributed by atoms with Crippen molar-refractivity contribution in [2.45, 2.75) is 39.8 Å². The highest BCUT2D eigenvalue weighted by Gasteiger charge is 2.44. The Kier molecular flexibility index (Phi) is 4.83. The SMILES string of the molecule is COC1c2c(-c3ccccc3)c(-c3ccc(C)cc3)c(CC(=O)O)n2CC1(C)C. The van der Waals surface area contributed by atoms with E-state index in [9.17, 15) is 9.90 Å². The molecule has 4 nitrogen and oxygen atoms in total. The van der Waals surface area contributed by atoms with Gasteiger partial charge in [-0.05, 0) is 18.1 Å². The van der Waals surface area contributed by atoms with Crippen LogP contribution in [0.15, 0.2) is 54.6 Å². The Labute approximate surface area is 171 Å². The lowest BCUT2D eigenvalue weighted by Crippen LogP contribution is -2.21. The molecule has 0 spiro atoms. The predicted molar refractivity (Wildman–Crippen MR) is 115 cm³/mol. The van der Waals surface area contributed by atoms with Crippen molar-refractivity contribution in [3.8, 4) is 22.3 Å². The lowest BCUT2D eigenvalue weighted by atomic mass is 9.84. The molecule has 1 aliphatic heterocycles. The number of carboxylic acid groups (broad SMARTS) is 1. The molecule has 0 radical (unpaired) electrons. The highest BCUT2D eigenvalue weighted by Crippen LogP contribution is 2.53. The molecule has 29 heavy (non-hydrogen) atoms. The Bertz CT molecular complexity index is 1050. The average molecular weight is 389 g/mol. The van der Waals surface area contributed by atoms with Crippen LogP contribution in [0.5, 0.6) is 0 Å². The van der Waals surface area contributed by atoms with Gasteiger partial charge in [0.1, 0.15) is 6.10 Å². The number of aromatic nitrogens is 1. The van der Waals surface area contributed by atoms with Gasteiger partial charge in [0.2, 0.25) is 0 Å². The Hall–Kier alpha value is -2.85. The molecule has 1 aromatic heterocycles. The number of methoxy groups -OCH3 is 1. The fourth-order valence-electron chi connectivity index (χ4n) is 4.69. The summed E-state index contributed by atoms with van der Waals surface area (Å²) in [5.41, 5.74) is 7.21. The molecule has 0 saturated heterocycles. The largest absolute Gasteiger partial charge is 0.481 e. The molecule has 1 N–H and O–H groups in total.